The number of hydrogen-bond acceptors (Lipinski definition) is 4. The fourth-order valence-electron chi connectivity index (χ4n) is 16.1. The Morgan fingerprint density at radius 3 is 1.62 bits per heavy atom. The van der Waals surface area contributed by atoms with Gasteiger partial charge in [0.25, 0.3) is 0 Å². The van der Waals surface area contributed by atoms with Gasteiger partial charge >= 0.3 is 0 Å². The zero-order valence-electron chi connectivity index (χ0n) is 41.4. The van der Waals surface area contributed by atoms with E-state index in [1.165, 1.54) is 193 Å². The molecule has 7 fully saturated rings. The van der Waals surface area contributed by atoms with Crippen LogP contribution in [-0.2, 0) is 0 Å². The molecule has 6 aliphatic carbocycles. The van der Waals surface area contributed by atoms with E-state index >= 15 is 0 Å². The molecule has 0 radical (unpaired) electrons. The maximum absolute atomic E-state index is 6.21. The maximum atomic E-state index is 6.21. The molecule has 0 aromatic carbocycles. The van der Waals surface area contributed by atoms with Crippen molar-refractivity contribution in [3.63, 3.8) is 0 Å². The van der Waals surface area contributed by atoms with Crippen molar-refractivity contribution in [2.24, 2.45) is 87.8 Å². The Kier molecular flexibility index (Phi) is 17.9. The van der Waals surface area contributed by atoms with E-state index in [2.05, 4.69) is 77.0 Å². The molecule has 0 aromatic heterocycles. The van der Waals surface area contributed by atoms with Gasteiger partial charge in [-0.25, -0.2) is 0 Å². The summed E-state index contributed by atoms with van der Waals surface area (Å²) in [5.41, 5.74) is 0. The van der Waals surface area contributed by atoms with Crippen molar-refractivity contribution in [1.82, 2.24) is 4.90 Å². The maximum Gasteiger partial charge on any atom is 0.0713 e. The van der Waals surface area contributed by atoms with Crippen molar-refractivity contribution >= 4 is 28.6 Å². The third kappa shape index (κ3) is 12.1. The normalized spacial score (nSPS) is 40.1. The van der Waals surface area contributed by atoms with Gasteiger partial charge in [0.15, 0.2) is 0 Å². The third-order valence-corrected chi connectivity index (χ3v) is 23.1. The van der Waals surface area contributed by atoms with Crippen LogP contribution in [0.1, 0.15) is 234 Å². The van der Waals surface area contributed by atoms with Crippen molar-refractivity contribution in [1.29, 1.82) is 0 Å². The van der Waals surface area contributed by atoms with E-state index in [0.29, 0.717) is 6.04 Å². The number of nitrogens with zero attached hydrogens (tertiary/aromatic N) is 2. The molecule has 2 nitrogen and oxygen atoms in total. The highest BCUT2D eigenvalue weighted by Gasteiger charge is 2.63. The molecular formula is C57H100N2S2. The Labute approximate surface area is 388 Å². The van der Waals surface area contributed by atoms with Gasteiger partial charge in [0.1, 0.15) is 0 Å². The summed E-state index contributed by atoms with van der Waals surface area (Å²) in [6, 6.07) is 1.45. The van der Waals surface area contributed by atoms with E-state index in [-0.39, 0.29) is 0 Å². The van der Waals surface area contributed by atoms with Crippen LogP contribution in [0, 0.1) is 82.9 Å². The molecule has 11 unspecified atom stereocenters. The average molecular weight is 878 g/mol. The molecule has 61 heavy (non-hydrogen) atoms. The molecule has 0 spiro atoms. The quantitative estimate of drug-likeness (QED) is 0.136. The summed E-state index contributed by atoms with van der Waals surface area (Å²) in [5.74, 6) is 12.7. The Morgan fingerprint density at radius 1 is 0.541 bits per heavy atom. The zero-order chi connectivity index (χ0) is 42.5. The van der Waals surface area contributed by atoms with Crippen molar-refractivity contribution < 1.29 is 0 Å². The first-order valence-electron chi connectivity index (χ1n) is 28.2. The molecule has 4 heteroatoms. The summed E-state index contributed by atoms with van der Waals surface area (Å²) in [5, 5.41) is 4.19. The van der Waals surface area contributed by atoms with Crippen molar-refractivity contribution in [3.8, 4) is 0 Å². The van der Waals surface area contributed by atoms with E-state index in [0.717, 1.165) is 105 Å². The van der Waals surface area contributed by atoms with Crippen molar-refractivity contribution in [2.45, 2.75) is 262 Å². The van der Waals surface area contributed by atoms with Gasteiger partial charge < -0.3 is 0 Å². The lowest BCUT2D eigenvalue weighted by molar-refractivity contribution is -0.0587. The number of aliphatic imine (C=N–C) groups is 1. The van der Waals surface area contributed by atoms with E-state index < -0.39 is 0 Å². The van der Waals surface area contributed by atoms with Gasteiger partial charge in [0.2, 0.25) is 0 Å². The second-order valence-electron chi connectivity index (χ2n) is 25.1. The van der Waals surface area contributed by atoms with E-state index in [1.54, 1.807) is 5.04 Å². The molecule has 350 valence electrons. The molecule has 8 rings (SSSR count). The van der Waals surface area contributed by atoms with Crippen LogP contribution >= 0.6 is 23.5 Å². The molecular weight excluding hydrogens is 777 g/mol. The summed E-state index contributed by atoms with van der Waals surface area (Å²) in [6.45, 7) is 14.7. The van der Waals surface area contributed by atoms with E-state index in [4.69, 9.17) is 4.99 Å². The van der Waals surface area contributed by atoms with Gasteiger partial charge in [0, 0.05) is 22.5 Å². The highest BCUT2D eigenvalue weighted by atomic mass is 32.2. The standard InChI is InChI=1S/C57H100N2S2/c1-38(2)16-14-18-40(5)24-26-42-28-32-44(33-29-42)48-36-51-53-52-50(60-56(58-54(48)52)46-20-10-8-11-21-46)37-49(55(53)59(7)57(61-51)47-22-12-9-13-23-47)45-34-30-43(31-35-45)27-25-41(6)19-15-17-39(3)4/h38-55,57H,8-37H2,1-7H3. The molecule has 0 N–H and O–H groups in total. The second-order valence-corrected chi connectivity index (χ2v) is 27.7. The summed E-state index contributed by atoms with van der Waals surface area (Å²) in [4.78, 5) is 9.35. The molecule has 1 saturated heterocycles. The lowest BCUT2D eigenvalue weighted by Gasteiger charge is -2.65. The van der Waals surface area contributed by atoms with Gasteiger partial charge in [-0.2, -0.15) is 0 Å². The van der Waals surface area contributed by atoms with E-state index in [9.17, 15) is 0 Å². The first-order valence-corrected chi connectivity index (χ1v) is 30.1. The highest BCUT2D eigenvalue weighted by Crippen LogP contribution is 2.64. The summed E-state index contributed by atoms with van der Waals surface area (Å²) >= 11 is 5.00. The highest BCUT2D eigenvalue weighted by molar-refractivity contribution is 8.14. The first-order chi connectivity index (χ1) is 29.6. The predicted molar refractivity (Wildman–Crippen MR) is 271 cm³/mol. The summed E-state index contributed by atoms with van der Waals surface area (Å²) in [7, 11) is 2.69. The van der Waals surface area contributed by atoms with Crippen LogP contribution in [0.5, 0.6) is 0 Å². The van der Waals surface area contributed by atoms with Gasteiger partial charge in [-0.3, -0.25) is 9.89 Å². The van der Waals surface area contributed by atoms with Gasteiger partial charge in [-0.1, -0.05) is 170 Å². The van der Waals surface area contributed by atoms with Crippen LogP contribution in [0.3, 0.4) is 0 Å². The number of hydrogen-bond donors (Lipinski definition) is 0. The Morgan fingerprint density at radius 2 is 1.07 bits per heavy atom. The minimum atomic E-state index is 0.633. The monoisotopic (exact) mass is 877 g/mol. The van der Waals surface area contributed by atoms with Crippen LogP contribution in [0.25, 0.3) is 0 Å². The fourth-order valence-corrected chi connectivity index (χ4v) is 19.9. The topological polar surface area (TPSA) is 15.6 Å². The molecule has 8 aliphatic rings. The number of rotatable bonds is 18. The zero-order valence-corrected chi connectivity index (χ0v) is 43.0. The van der Waals surface area contributed by atoms with Crippen LogP contribution in [0.4, 0.5) is 0 Å². The summed E-state index contributed by atoms with van der Waals surface area (Å²) in [6.07, 6.45) is 44.6. The first kappa shape index (κ1) is 47.8. The minimum Gasteiger partial charge on any atom is -0.291 e. The smallest absolute Gasteiger partial charge is 0.0713 e. The molecule has 2 heterocycles. The fraction of sp³-hybridized carbons (Fsp3) is 0.982. The van der Waals surface area contributed by atoms with Gasteiger partial charge in [-0.05, 0) is 148 Å². The molecule has 11 atom stereocenters. The van der Waals surface area contributed by atoms with Gasteiger partial charge in [-0.15, -0.1) is 23.5 Å². The van der Waals surface area contributed by atoms with E-state index in [1.807, 2.05) is 0 Å². The van der Waals surface area contributed by atoms with Crippen molar-refractivity contribution in [3.05, 3.63) is 0 Å². The van der Waals surface area contributed by atoms with Crippen LogP contribution in [0.2, 0.25) is 0 Å². The van der Waals surface area contributed by atoms with Crippen LogP contribution < -0.4 is 0 Å². The lowest BCUT2D eigenvalue weighted by Crippen LogP contribution is -2.68. The number of thioether (sulfide) groups is 2. The van der Waals surface area contributed by atoms with Crippen LogP contribution in [-0.4, -0.2) is 44.9 Å². The predicted octanol–water partition coefficient (Wildman–Crippen LogP) is 17.1. The van der Waals surface area contributed by atoms with Gasteiger partial charge in [0.05, 0.1) is 16.5 Å². The molecule has 0 amide bonds. The average Bonchev–Trinajstić information content (AvgIpc) is 3.27. The Balaban J connectivity index is 0.990. The molecule has 0 aromatic rings. The Bertz CT molecular complexity index is 1320. The lowest BCUT2D eigenvalue weighted by atomic mass is 9.54. The SMILES string of the molecule is CC(C)CCCC(C)CCC1CCC(C2CC3SC(C4CCCCC4)N(C)C4C(C5CCC(CCC(C)CCCC(C)C)CC5)CC5SC(C6CCCCC6)=NC2C5C34)CC1. The molecule has 2 aliphatic heterocycles. The second kappa shape index (κ2) is 22.9. The largest absolute Gasteiger partial charge is 0.291 e. The third-order valence-electron chi connectivity index (χ3n) is 19.8. The molecule has 6 saturated carbocycles. The van der Waals surface area contributed by atoms with Crippen LogP contribution in [0.15, 0.2) is 4.99 Å². The van der Waals surface area contributed by atoms with Crippen molar-refractivity contribution in [2.75, 3.05) is 7.05 Å². The molecule has 0 bridgehead atoms. The Hall–Kier alpha value is 0.330. The summed E-state index contributed by atoms with van der Waals surface area (Å²) < 4.78 is 0. The minimum absolute atomic E-state index is 0.633.